The molecular formula is C26H21F2N5O2. The fourth-order valence-electron chi connectivity index (χ4n) is 4.33. The summed E-state index contributed by atoms with van der Waals surface area (Å²) in [4.78, 5) is 18.7. The smallest absolute Gasteiger partial charge is 0.265 e. The Morgan fingerprint density at radius 1 is 1.20 bits per heavy atom. The summed E-state index contributed by atoms with van der Waals surface area (Å²) in [6.45, 7) is 3.99. The number of aromatic amines is 1. The van der Waals surface area contributed by atoms with Crippen molar-refractivity contribution in [3.63, 3.8) is 0 Å². The molecule has 176 valence electrons. The van der Waals surface area contributed by atoms with Crippen LogP contribution < -0.4 is 9.64 Å². The Morgan fingerprint density at radius 2 is 2.03 bits per heavy atom. The number of nitrogens with zero attached hydrogens (tertiary/aromatic N) is 4. The van der Waals surface area contributed by atoms with Gasteiger partial charge in [-0.25, -0.2) is 13.8 Å². The highest BCUT2D eigenvalue weighted by molar-refractivity contribution is 6.00. The molecule has 1 amide bonds. The number of carbonyl (C=O) groups is 1. The van der Waals surface area contributed by atoms with Gasteiger partial charge in [0.1, 0.15) is 11.8 Å². The molecule has 7 nitrogen and oxygen atoms in total. The van der Waals surface area contributed by atoms with E-state index in [1.54, 1.807) is 24.4 Å². The molecular weight excluding hydrogens is 452 g/mol. The van der Waals surface area contributed by atoms with Gasteiger partial charge in [-0.3, -0.25) is 9.89 Å². The average molecular weight is 473 g/mol. The van der Waals surface area contributed by atoms with E-state index in [1.807, 2.05) is 0 Å². The lowest BCUT2D eigenvalue weighted by atomic mass is 9.93. The van der Waals surface area contributed by atoms with Gasteiger partial charge in [0.25, 0.3) is 5.91 Å². The third kappa shape index (κ3) is 4.08. The summed E-state index contributed by atoms with van der Waals surface area (Å²) in [5.74, 6) is -1.46. The molecule has 0 atom stereocenters. The van der Waals surface area contributed by atoms with Gasteiger partial charge in [-0.2, -0.15) is 10.4 Å². The van der Waals surface area contributed by atoms with Gasteiger partial charge in [0.2, 0.25) is 0 Å². The number of ether oxygens (including phenoxy) is 1. The van der Waals surface area contributed by atoms with Crippen LogP contribution in [0.5, 0.6) is 5.75 Å². The summed E-state index contributed by atoms with van der Waals surface area (Å²) >= 11 is 0. The molecule has 0 saturated heterocycles. The zero-order chi connectivity index (χ0) is 24.7. The van der Waals surface area contributed by atoms with Crippen LogP contribution in [0.15, 0.2) is 42.6 Å². The molecule has 2 aromatic heterocycles. The number of nitrogens with one attached hydrogen (secondary N) is 1. The number of nitriles is 1. The zero-order valence-electron chi connectivity index (χ0n) is 19.1. The molecule has 0 aliphatic carbocycles. The molecule has 0 bridgehead atoms. The molecule has 0 spiro atoms. The Labute approximate surface area is 200 Å². The summed E-state index contributed by atoms with van der Waals surface area (Å²) < 4.78 is 32.8. The Morgan fingerprint density at radius 3 is 2.77 bits per heavy atom. The predicted molar refractivity (Wildman–Crippen MR) is 126 cm³/mol. The number of fused-ring (bicyclic) bond motifs is 2. The van der Waals surface area contributed by atoms with Gasteiger partial charge in [0, 0.05) is 10.9 Å². The minimum atomic E-state index is -0.971. The number of amides is 1. The maximum absolute atomic E-state index is 13.7. The van der Waals surface area contributed by atoms with Crippen LogP contribution in [0.3, 0.4) is 0 Å². The second-order valence-electron chi connectivity index (χ2n) is 8.85. The van der Waals surface area contributed by atoms with Crippen molar-refractivity contribution in [2.45, 2.75) is 26.8 Å². The van der Waals surface area contributed by atoms with Gasteiger partial charge in [-0.05, 0) is 47.7 Å². The second kappa shape index (κ2) is 8.80. The number of H-pyrrole nitrogens is 1. The lowest BCUT2D eigenvalue weighted by Crippen LogP contribution is -2.38. The van der Waals surface area contributed by atoms with Crippen LogP contribution in [0.25, 0.3) is 22.2 Å². The van der Waals surface area contributed by atoms with E-state index < -0.39 is 11.6 Å². The van der Waals surface area contributed by atoms with Crippen molar-refractivity contribution in [1.29, 1.82) is 5.26 Å². The molecule has 1 aliphatic rings. The van der Waals surface area contributed by atoms with Crippen molar-refractivity contribution in [2.75, 3.05) is 11.5 Å². The molecule has 4 aromatic rings. The number of anilines is 1. The van der Waals surface area contributed by atoms with Crippen LogP contribution in [0.4, 0.5) is 14.5 Å². The molecule has 0 unspecified atom stereocenters. The topological polar surface area (TPSA) is 94.9 Å². The molecule has 1 N–H and O–H groups in total. The molecule has 1 aliphatic heterocycles. The first-order valence-corrected chi connectivity index (χ1v) is 11.1. The van der Waals surface area contributed by atoms with Crippen molar-refractivity contribution in [1.82, 2.24) is 15.2 Å². The summed E-state index contributed by atoms with van der Waals surface area (Å²) in [6.07, 6.45) is 2.26. The maximum Gasteiger partial charge on any atom is 0.265 e. The van der Waals surface area contributed by atoms with E-state index in [4.69, 9.17) is 4.74 Å². The van der Waals surface area contributed by atoms with Crippen molar-refractivity contribution >= 4 is 22.6 Å². The zero-order valence-corrected chi connectivity index (χ0v) is 19.1. The first kappa shape index (κ1) is 22.5. The Hall–Kier alpha value is -4.32. The van der Waals surface area contributed by atoms with Gasteiger partial charge in [0.15, 0.2) is 23.9 Å². The van der Waals surface area contributed by atoms with E-state index in [0.29, 0.717) is 57.2 Å². The van der Waals surface area contributed by atoms with E-state index in [9.17, 15) is 18.8 Å². The van der Waals surface area contributed by atoms with E-state index in [2.05, 4.69) is 35.1 Å². The van der Waals surface area contributed by atoms with Gasteiger partial charge in [0.05, 0.1) is 29.7 Å². The average Bonchev–Trinajstić information content (AvgIpc) is 3.29. The Bertz CT molecular complexity index is 1510. The van der Waals surface area contributed by atoms with E-state index in [1.165, 1.54) is 11.0 Å². The summed E-state index contributed by atoms with van der Waals surface area (Å²) in [5, 5.41) is 17.7. The Kier molecular flexibility index (Phi) is 5.65. The molecule has 0 fully saturated rings. The van der Waals surface area contributed by atoms with Crippen molar-refractivity contribution in [2.24, 2.45) is 5.92 Å². The molecule has 35 heavy (non-hydrogen) atoms. The highest BCUT2D eigenvalue weighted by Crippen LogP contribution is 2.40. The van der Waals surface area contributed by atoms with Crippen LogP contribution >= 0.6 is 0 Å². The van der Waals surface area contributed by atoms with Crippen LogP contribution in [-0.2, 0) is 17.8 Å². The SMILES string of the molecule is CC(C)Cc1nc2[nH]ncc2c(-c2ccc3c(c2)OCC(=O)N3Cc2ccc(F)c(F)c2)c1C#N. The van der Waals surface area contributed by atoms with Crippen LogP contribution in [-0.4, -0.2) is 27.7 Å². The third-order valence-electron chi connectivity index (χ3n) is 5.90. The Balaban J connectivity index is 1.59. The number of aromatic nitrogens is 3. The first-order valence-electron chi connectivity index (χ1n) is 11.1. The van der Waals surface area contributed by atoms with Crippen LogP contribution in [0.2, 0.25) is 0 Å². The van der Waals surface area contributed by atoms with E-state index >= 15 is 0 Å². The molecule has 9 heteroatoms. The largest absolute Gasteiger partial charge is 0.482 e. The fourth-order valence-corrected chi connectivity index (χ4v) is 4.33. The summed E-state index contributed by atoms with van der Waals surface area (Å²) in [6, 6.07) is 11.2. The lowest BCUT2D eigenvalue weighted by Gasteiger charge is -2.30. The van der Waals surface area contributed by atoms with Crippen molar-refractivity contribution in [3.8, 4) is 22.9 Å². The number of halogens is 2. The summed E-state index contributed by atoms with van der Waals surface area (Å²) in [7, 11) is 0. The van der Waals surface area contributed by atoms with Gasteiger partial charge < -0.3 is 9.64 Å². The number of carbonyl (C=O) groups excluding carboxylic acids is 1. The summed E-state index contributed by atoms with van der Waals surface area (Å²) in [5.41, 5.74) is 4.12. The first-order chi connectivity index (χ1) is 16.9. The maximum atomic E-state index is 13.7. The third-order valence-corrected chi connectivity index (χ3v) is 5.90. The normalized spacial score (nSPS) is 13.1. The second-order valence-corrected chi connectivity index (χ2v) is 8.85. The molecule has 0 radical (unpaired) electrons. The minimum absolute atomic E-state index is 0.0644. The van der Waals surface area contributed by atoms with Gasteiger partial charge >= 0.3 is 0 Å². The predicted octanol–water partition coefficient (Wildman–Crippen LogP) is 4.90. The number of rotatable bonds is 5. The molecule has 5 rings (SSSR count). The quantitative estimate of drug-likeness (QED) is 0.445. The monoisotopic (exact) mass is 473 g/mol. The standard InChI is InChI=1S/C26H21F2N5O2/c1-14(2)7-21-17(10-29)25(18-11-30-32-26(18)31-21)16-4-6-22-23(9-16)35-13-24(34)33(22)12-15-3-5-19(27)20(28)8-15/h3-6,8-9,11,14H,7,12-13H2,1-2H3,(H,30,31,32). The van der Waals surface area contributed by atoms with Crippen molar-refractivity contribution in [3.05, 3.63) is 71.1 Å². The van der Waals surface area contributed by atoms with Crippen LogP contribution in [0.1, 0.15) is 30.7 Å². The van der Waals surface area contributed by atoms with Crippen LogP contribution in [0, 0.1) is 28.9 Å². The van der Waals surface area contributed by atoms with Crippen molar-refractivity contribution < 1.29 is 18.3 Å². The highest BCUT2D eigenvalue weighted by Gasteiger charge is 2.27. The number of pyridine rings is 1. The highest BCUT2D eigenvalue weighted by atomic mass is 19.2. The molecule has 3 heterocycles. The van der Waals surface area contributed by atoms with Gasteiger partial charge in [-0.15, -0.1) is 0 Å². The van der Waals surface area contributed by atoms with E-state index in [0.717, 1.165) is 17.7 Å². The molecule has 2 aromatic carbocycles. The van der Waals surface area contributed by atoms with E-state index in [-0.39, 0.29) is 19.1 Å². The number of benzene rings is 2. The fraction of sp³-hybridized carbons (Fsp3) is 0.231. The minimum Gasteiger partial charge on any atom is -0.482 e. The molecule has 0 saturated carbocycles. The lowest BCUT2D eigenvalue weighted by molar-refractivity contribution is -0.121. The number of hydrogen-bond donors (Lipinski definition) is 1. The number of hydrogen-bond acceptors (Lipinski definition) is 5. The van der Waals surface area contributed by atoms with Gasteiger partial charge in [-0.1, -0.05) is 26.0 Å².